The standard InChI is InChI=1S/C16H16ClNO2/c1-19-16-7-6-12(8-14(16)17)18-9-11-10-20-15-5-3-2-4-13(11)15/h2-8,11,18H,9-10H2,1H3. The van der Waals surface area contributed by atoms with Crippen LogP contribution in [-0.2, 0) is 0 Å². The molecular weight excluding hydrogens is 274 g/mol. The average Bonchev–Trinajstić information content (AvgIpc) is 2.88. The number of hydrogen-bond acceptors (Lipinski definition) is 3. The van der Waals surface area contributed by atoms with Crippen LogP contribution in [-0.4, -0.2) is 20.3 Å². The van der Waals surface area contributed by atoms with Gasteiger partial charge >= 0.3 is 0 Å². The van der Waals surface area contributed by atoms with Crippen LogP contribution < -0.4 is 14.8 Å². The van der Waals surface area contributed by atoms with E-state index >= 15 is 0 Å². The number of fused-ring (bicyclic) bond motifs is 1. The molecule has 1 aliphatic heterocycles. The molecule has 104 valence electrons. The lowest BCUT2D eigenvalue weighted by Crippen LogP contribution is -2.13. The van der Waals surface area contributed by atoms with Crippen LogP contribution >= 0.6 is 11.6 Å². The Bertz CT molecular complexity index is 615. The average molecular weight is 290 g/mol. The maximum Gasteiger partial charge on any atom is 0.137 e. The lowest BCUT2D eigenvalue weighted by atomic mass is 10.0. The highest BCUT2D eigenvalue weighted by Crippen LogP contribution is 2.34. The largest absolute Gasteiger partial charge is 0.495 e. The van der Waals surface area contributed by atoms with Crippen LogP contribution in [0.3, 0.4) is 0 Å². The lowest BCUT2D eigenvalue weighted by molar-refractivity contribution is 0.334. The number of hydrogen-bond donors (Lipinski definition) is 1. The summed E-state index contributed by atoms with van der Waals surface area (Å²) >= 11 is 6.12. The number of nitrogens with one attached hydrogen (secondary N) is 1. The molecule has 1 atom stereocenters. The van der Waals surface area contributed by atoms with Gasteiger partial charge in [0.25, 0.3) is 0 Å². The molecule has 2 aromatic rings. The Labute approximate surface area is 123 Å². The van der Waals surface area contributed by atoms with Gasteiger partial charge in [0.2, 0.25) is 0 Å². The summed E-state index contributed by atoms with van der Waals surface area (Å²) in [7, 11) is 1.61. The van der Waals surface area contributed by atoms with Gasteiger partial charge in [-0.05, 0) is 24.3 Å². The summed E-state index contributed by atoms with van der Waals surface area (Å²) in [6.45, 7) is 1.54. The third-order valence-corrected chi connectivity index (χ3v) is 3.80. The molecule has 1 heterocycles. The van der Waals surface area contributed by atoms with Gasteiger partial charge in [-0.15, -0.1) is 0 Å². The number of para-hydroxylation sites is 1. The third kappa shape index (κ3) is 2.54. The molecule has 0 bridgehead atoms. The van der Waals surface area contributed by atoms with E-state index in [1.54, 1.807) is 7.11 Å². The Morgan fingerprint density at radius 2 is 2.15 bits per heavy atom. The van der Waals surface area contributed by atoms with Crippen LogP contribution in [0.25, 0.3) is 0 Å². The molecule has 0 aliphatic carbocycles. The monoisotopic (exact) mass is 289 g/mol. The van der Waals surface area contributed by atoms with Crippen molar-refractivity contribution < 1.29 is 9.47 Å². The van der Waals surface area contributed by atoms with E-state index < -0.39 is 0 Å². The Morgan fingerprint density at radius 1 is 1.30 bits per heavy atom. The van der Waals surface area contributed by atoms with Gasteiger partial charge in [-0.1, -0.05) is 29.8 Å². The van der Waals surface area contributed by atoms with Crippen molar-refractivity contribution in [1.82, 2.24) is 0 Å². The highest BCUT2D eigenvalue weighted by Gasteiger charge is 2.23. The van der Waals surface area contributed by atoms with Gasteiger partial charge in [0, 0.05) is 23.7 Å². The van der Waals surface area contributed by atoms with Crippen molar-refractivity contribution in [3.63, 3.8) is 0 Å². The Hall–Kier alpha value is -1.87. The minimum absolute atomic E-state index is 0.368. The second-order valence-corrected chi connectivity index (χ2v) is 5.18. The molecule has 0 saturated carbocycles. The summed E-state index contributed by atoms with van der Waals surface area (Å²) in [6, 6.07) is 13.9. The molecule has 0 fully saturated rings. The van der Waals surface area contributed by atoms with E-state index in [2.05, 4.69) is 11.4 Å². The van der Waals surface area contributed by atoms with E-state index in [1.165, 1.54) is 5.56 Å². The van der Waals surface area contributed by atoms with E-state index in [4.69, 9.17) is 21.1 Å². The van der Waals surface area contributed by atoms with Crippen LogP contribution in [0.15, 0.2) is 42.5 Å². The van der Waals surface area contributed by atoms with E-state index in [-0.39, 0.29) is 0 Å². The summed E-state index contributed by atoms with van der Waals surface area (Å²) in [5, 5.41) is 4.01. The quantitative estimate of drug-likeness (QED) is 0.925. The first-order valence-electron chi connectivity index (χ1n) is 6.57. The SMILES string of the molecule is COc1ccc(NCC2COc3ccccc32)cc1Cl. The molecule has 1 N–H and O–H groups in total. The number of anilines is 1. The lowest BCUT2D eigenvalue weighted by Gasteiger charge is -2.12. The number of rotatable bonds is 4. The van der Waals surface area contributed by atoms with Crippen molar-refractivity contribution in [3.8, 4) is 11.5 Å². The van der Waals surface area contributed by atoms with Gasteiger partial charge in [0.1, 0.15) is 11.5 Å². The first-order chi connectivity index (χ1) is 9.78. The van der Waals surface area contributed by atoms with Crippen molar-refractivity contribution in [3.05, 3.63) is 53.1 Å². The molecule has 2 aromatic carbocycles. The highest BCUT2D eigenvalue weighted by molar-refractivity contribution is 6.32. The van der Waals surface area contributed by atoms with Crippen LogP contribution in [0.5, 0.6) is 11.5 Å². The number of methoxy groups -OCH3 is 1. The number of ether oxygens (including phenoxy) is 2. The molecule has 0 spiro atoms. The summed E-state index contributed by atoms with van der Waals surface area (Å²) in [6.07, 6.45) is 0. The Balaban J connectivity index is 1.67. The van der Waals surface area contributed by atoms with Gasteiger partial charge in [0.15, 0.2) is 0 Å². The Kier molecular flexibility index (Phi) is 3.70. The van der Waals surface area contributed by atoms with Gasteiger partial charge in [-0.25, -0.2) is 0 Å². The van der Waals surface area contributed by atoms with Crippen molar-refractivity contribution in [2.24, 2.45) is 0 Å². The van der Waals surface area contributed by atoms with Crippen LogP contribution in [0, 0.1) is 0 Å². The van der Waals surface area contributed by atoms with E-state index in [9.17, 15) is 0 Å². The molecule has 3 rings (SSSR count). The minimum Gasteiger partial charge on any atom is -0.495 e. The predicted molar refractivity (Wildman–Crippen MR) is 81.2 cm³/mol. The van der Waals surface area contributed by atoms with Crippen LogP contribution in [0.2, 0.25) is 5.02 Å². The highest BCUT2D eigenvalue weighted by atomic mass is 35.5. The topological polar surface area (TPSA) is 30.5 Å². The summed E-state index contributed by atoms with van der Waals surface area (Å²) < 4.78 is 10.8. The molecule has 0 aromatic heterocycles. The van der Waals surface area contributed by atoms with E-state index in [1.807, 2.05) is 36.4 Å². The normalized spacial score (nSPS) is 16.4. The molecule has 0 amide bonds. The maximum atomic E-state index is 6.12. The van der Waals surface area contributed by atoms with Crippen molar-refractivity contribution >= 4 is 17.3 Å². The first kappa shape index (κ1) is 13.1. The van der Waals surface area contributed by atoms with E-state index in [0.29, 0.717) is 16.7 Å². The van der Waals surface area contributed by atoms with Crippen molar-refractivity contribution in [2.75, 3.05) is 25.6 Å². The molecule has 0 radical (unpaired) electrons. The smallest absolute Gasteiger partial charge is 0.137 e. The van der Waals surface area contributed by atoms with Gasteiger partial charge in [-0.2, -0.15) is 0 Å². The fraction of sp³-hybridized carbons (Fsp3) is 0.250. The van der Waals surface area contributed by atoms with Crippen molar-refractivity contribution in [2.45, 2.75) is 5.92 Å². The predicted octanol–water partition coefficient (Wildman–Crippen LogP) is 3.94. The molecule has 1 aliphatic rings. The zero-order chi connectivity index (χ0) is 13.9. The second kappa shape index (κ2) is 5.63. The first-order valence-corrected chi connectivity index (χ1v) is 6.95. The second-order valence-electron chi connectivity index (χ2n) is 4.78. The zero-order valence-electron chi connectivity index (χ0n) is 11.2. The number of benzene rings is 2. The van der Waals surface area contributed by atoms with Gasteiger partial charge in [-0.3, -0.25) is 0 Å². The maximum absolute atomic E-state index is 6.12. The van der Waals surface area contributed by atoms with E-state index in [0.717, 1.165) is 24.6 Å². The molecule has 4 heteroatoms. The van der Waals surface area contributed by atoms with Crippen LogP contribution in [0.4, 0.5) is 5.69 Å². The van der Waals surface area contributed by atoms with Crippen molar-refractivity contribution in [1.29, 1.82) is 0 Å². The zero-order valence-corrected chi connectivity index (χ0v) is 12.0. The fourth-order valence-corrected chi connectivity index (χ4v) is 2.67. The molecular formula is C16H16ClNO2. The third-order valence-electron chi connectivity index (χ3n) is 3.50. The molecule has 3 nitrogen and oxygen atoms in total. The molecule has 0 saturated heterocycles. The minimum atomic E-state index is 0.368. The summed E-state index contributed by atoms with van der Waals surface area (Å²) in [4.78, 5) is 0. The summed E-state index contributed by atoms with van der Waals surface area (Å²) in [5.74, 6) is 2.05. The van der Waals surface area contributed by atoms with Gasteiger partial charge < -0.3 is 14.8 Å². The number of halogens is 1. The Morgan fingerprint density at radius 3 is 2.95 bits per heavy atom. The molecule has 20 heavy (non-hydrogen) atoms. The fourth-order valence-electron chi connectivity index (χ4n) is 2.42. The molecule has 1 unspecified atom stereocenters. The van der Waals surface area contributed by atoms with Gasteiger partial charge in [0.05, 0.1) is 18.7 Å². The van der Waals surface area contributed by atoms with Crippen LogP contribution in [0.1, 0.15) is 11.5 Å². The summed E-state index contributed by atoms with van der Waals surface area (Å²) in [5.41, 5.74) is 2.25.